The van der Waals surface area contributed by atoms with Gasteiger partial charge in [0.15, 0.2) is 18.1 Å². The van der Waals surface area contributed by atoms with Crippen molar-refractivity contribution in [2.45, 2.75) is 13.3 Å². The zero-order valence-electron chi connectivity index (χ0n) is 15.6. The number of methoxy groups -OCH3 is 2. The molecule has 7 heteroatoms. The number of amides is 1. The molecule has 27 heavy (non-hydrogen) atoms. The van der Waals surface area contributed by atoms with Gasteiger partial charge in [0.2, 0.25) is 0 Å². The van der Waals surface area contributed by atoms with Crippen molar-refractivity contribution in [2.24, 2.45) is 0 Å². The van der Waals surface area contributed by atoms with Crippen molar-refractivity contribution < 1.29 is 28.5 Å². The average Bonchev–Trinajstić information content (AvgIpc) is 2.70. The van der Waals surface area contributed by atoms with Crippen molar-refractivity contribution in [1.82, 2.24) is 0 Å². The third-order valence-electron chi connectivity index (χ3n) is 3.57. The molecule has 7 nitrogen and oxygen atoms in total. The molecular weight excluding hydrogens is 350 g/mol. The predicted octanol–water partition coefficient (Wildman–Crippen LogP) is 3.29. The van der Waals surface area contributed by atoms with Gasteiger partial charge in [0, 0.05) is 5.69 Å². The minimum absolute atomic E-state index is 0.271. The van der Waals surface area contributed by atoms with E-state index >= 15 is 0 Å². The third kappa shape index (κ3) is 5.91. The van der Waals surface area contributed by atoms with Crippen LogP contribution in [0.1, 0.15) is 23.7 Å². The van der Waals surface area contributed by atoms with Gasteiger partial charge >= 0.3 is 5.97 Å². The zero-order chi connectivity index (χ0) is 19.6. The zero-order valence-corrected chi connectivity index (χ0v) is 15.6. The predicted molar refractivity (Wildman–Crippen MR) is 101 cm³/mol. The van der Waals surface area contributed by atoms with Crippen molar-refractivity contribution in [3.8, 4) is 17.2 Å². The summed E-state index contributed by atoms with van der Waals surface area (Å²) in [7, 11) is 3.05. The molecule has 0 radical (unpaired) electrons. The lowest BCUT2D eigenvalue weighted by Gasteiger charge is -2.11. The van der Waals surface area contributed by atoms with Gasteiger partial charge in [-0.3, -0.25) is 4.79 Å². The van der Waals surface area contributed by atoms with Gasteiger partial charge in [0.1, 0.15) is 5.75 Å². The van der Waals surface area contributed by atoms with Crippen molar-refractivity contribution in [1.29, 1.82) is 0 Å². The highest BCUT2D eigenvalue weighted by atomic mass is 16.5. The first kappa shape index (κ1) is 20.1. The lowest BCUT2D eigenvalue weighted by molar-refractivity contribution is -0.119. The molecule has 0 saturated heterocycles. The first-order valence-electron chi connectivity index (χ1n) is 8.49. The summed E-state index contributed by atoms with van der Waals surface area (Å²) in [4.78, 5) is 24.1. The summed E-state index contributed by atoms with van der Waals surface area (Å²) in [6, 6.07) is 11.6. The number of carbonyl (C=O) groups is 2. The average molecular weight is 373 g/mol. The Hall–Kier alpha value is -3.22. The lowest BCUT2D eigenvalue weighted by Crippen LogP contribution is -2.20. The normalized spacial score (nSPS) is 10.0. The molecule has 0 atom stereocenters. The van der Waals surface area contributed by atoms with E-state index in [-0.39, 0.29) is 5.56 Å². The minimum Gasteiger partial charge on any atom is -0.497 e. The molecule has 0 spiro atoms. The van der Waals surface area contributed by atoms with E-state index in [1.54, 1.807) is 43.5 Å². The second kappa shape index (κ2) is 10.1. The quantitative estimate of drug-likeness (QED) is 0.679. The van der Waals surface area contributed by atoms with Crippen LogP contribution in [0.5, 0.6) is 17.2 Å². The summed E-state index contributed by atoms with van der Waals surface area (Å²) in [5, 5.41) is 2.64. The smallest absolute Gasteiger partial charge is 0.338 e. The summed E-state index contributed by atoms with van der Waals surface area (Å²) in [5.41, 5.74) is 0.851. The van der Waals surface area contributed by atoms with Crippen LogP contribution in [0.2, 0.25) is 0 Å². The van der Waals surface area contributed by atoms with Gasteiger partial charge in [0.05, 0.1) is 26.4 Å². The fraction of sp³-hybridized carbons (Fsp3) is 0.300. The van der Waals surface area contributed by atoms with E-state index in [0.717, 1.165) is 6.42 Å². The van der Waals surface area contributed by atoms with Crippen LogP contribution in [0.15, 0.2) is 42.5 Å². The number of hydrogen-bond acceptors (Lipinski definition) is 6. The Labute approximate surface area is 158 Å². The summed E-state index contributed by atoms with van der Waals surface area (Å²) < 4.78 is 20.9. The molecule has 1 amide bonds. The van der Waals surface area contributed by atoms with Crippen LogP contribution in [-0.2, 0) is 9.53 Å². The Balaban J connectivity index is 1.91. The molecular formula is C20H23NO6. The Morgan fingerprint density at radius 1 is 0.963 bits per heavy atom. The molecule has 0 saturated carbocycles. The minimum atomic E-state index is -0.625. The molecule has 0 aliphatic carbocycles. The van der Waals surface area contributed by atoms with Crippen molar-refractivity contribution >= 4 is 17.6 Å². The highest BCUT2D eigenvalue weighted by Crippen LogP contribution is 2.28. The van der Waals surface area contributed by atoms with E-state index in [0.29, 0.717) is 29.5 Å². The number of anilines is 1. The molecule has 0 aromatic heterocycles. The van der Waals surface area contributed by atoms with E-state index in [1.165, 1.54) is 13.2 Å². The molecule has 0 aliphatic rings. The van der Waals surface area contributed by atoms with Crippen molar-refractivity contribution in [3.63, 3.8) is 0 Å². The SMILES string of the molecule is CCCOc1ccc(C(=O)OCC(=O)Nc2ccc(OC)cc2)cc1OC. The Morgan fingerprint density at radius 3 is 2.33 bits per heavy atom. The third-order valence-corrected chi connectivity index (χ3v) is 3.57. The van der Waals surface area contributed by atoms with E-state index in [2.05, 4.69) is 5.32 Å². The van der Waals surface area contributed by atoms with Crippen LogP contribution in [-0.4, -0.2) is 39.3 Å². The lowest BCUT2D eigenvalue weighted by atomic mass is 10.2. The number of rotatable bonds is 9. The number of benzene rings is 2. The molecule has 144 valence electrons. The summed E-state index contributed by atoms with van der Waals surface area (Å²) >= 11 is 0. The fourth-order valence-electron chi connectivity index (χ4n) is 2.21. The van der Waals surface area contributed by atoms with Crippen molar-refractivity contribution in [2.75, 3.05) is 32.8 Å². The molecule has 1 N–H and O–H groups in total. The molecule has 2 rings (SSSR count). The van der Waals surface area contributed by atoms with E-state index in [1.807, 2.05) is 6.92 Å². The molecule has 2 aromatic carbocycles. The van der Waals surface area contributed by atoms with Crippen LogP contribution < -0.4 is 19.5 Å². The van der Waals surface area contributed by atoms with Gasteiger partial charge < -0.3 is 24.3 Å². The van der Waals surface area contributed by atoms with E-state index in [9.17, 15) is 9.59 Å². The summed E-state index contributed by atoms with van der Waals surface area (Å²) in [6.07, 6.45) is 0.857. The van der Waals surface area contributed by atoms with E-state index < -0.39 is 18.5 Å². The molecule has 2 aromatic rings. The maximum absolute atomic E-state index is 12.2. The van der Waals surface area contributed by atoms with E-state index in [4.69, 9.17) is 18.9 Å². The van der Waals surface area contributed by atoms with Crippen LogP contribution >= 0.6 is 0 Å². The van der Waals surface area contributed by atoms with Crippen LogP contribution in [0.3, 0.4) is 0 Å². The van der Waals surface area contributed by atoms with Crippen molar-refractivity contribution in [3.05, 3.63) is 48.0 Å². The first-order valence-corrected chi connectivity index (χ1v) is 8.49. The van der Waals surface area contributed by atoms with Crippen LogP contribution in [0.25, 0.3) is 0 Å². The summed E-state index contributed by atoms with van der Waals surface area (Å²) in [6.45, 7) is 2.14. The van der Waals surface area contributed by atoms with Gasteiger partial charge in [-0.2, -0.15) is 0 Å². The molecule has 0 bridgehead atoms. The maximum Gasteiger partial charge on any atom is 0.338 e. The number of hydrogen-bond donors (Lipinski definition) is 1. The van der Waals surface area contributed by atoms with Gasteiger partial charge in [0.25, 0.3) is 5.91 Å². The van der Waals surface area contributed by atoms with Gasteiger partial charge in [-0.25, -0.2) is 4.79 Å². The van der Waals surface area contributed by atoms with Gasteiger partial charge in [-0.05, 0) is 48.9 Å². The fourth-order valence-corrected chi connectivity index (χ4v) is 2.21. The number of ether oxygens (including phenoxy) is 4. The topological polar surface area (TPSA) is 83.1 Å². The molecule has 0 heterocycles. The molecule has 0 aliphatic heterocycles. The second-order valence-electron chi connectivity index (χ2n) is 5.57. The van der Waals surface area contributed by atoms with Crippen LogP contribution in [0, 0.1) is 0 Å². The molecule has 0 unspecified atom stereocenters. The summed E-state index contributed by atoms with van der Waals surface area (Å²) in [5.74, 6) is 0.595. The largest absolute Gasteiger partial charge is 0.497 e. The standard InChI is InChI=1S/C20H23NO6/c1-4-11-26-17-10-5-14(12-18(17)25-3)20(23)27-13-19(22)21-15-6-8-16(24-2)9-7-15/h5-10,12H,4,11,13H2,1-3H3,(H,21,22). The highest BCUT2D eigenvalue weighted by Gasteiger charge is 2.14. The number of esters is 1. The Kier molecular flexibility index (Phi) is 7.49. The number of carbonyl (C=O) groups excluding carboxylic acids is 2. The second-order valence-corrected chi connectivity index (χ2v) is 5.57. The van der Waals surface area contributed by atoms with Gasteiger partial charge in [-0.1, -0.05) is 6.92 Å². The Bertz CT molecular complexity index is 773. The first-order chi connectivity index (χ1) is 13.1. The van der Waals surface area contributed by atoms with Gasteiger partial charge in [-0.15, -0.1) is 0 Å². The number of nitrogens with one attached hydrogen (secondary N) is 1. The molecule has 0 fully saturated rings. The maximum atomic E-state index is 12.2. The van der Waals surface area contributed by atoms with Crippen LogP contribution in [0.4, 0.5) is 5.69 Å². The highest BCUT2D eigenvalue weighted by molar-refractivity contribution is 5.95. The monoisotopic (exact) mass is 373 g/mol. The Morgan fingerprint density at radius 2 is 1.70 bits per heavy atom.